The Morgan fingerprint density at radius 1 is 0.962 bits per heavy atom. The highest BCUT2D eigenvalue weighted by Crippen LogP contribution is 2.37. The number of aliphatic hydroxyl groups is 1. The average Bonchev–Trinajstić information content (AvgIpc) is 2.86. The lowest BCUT2D eigenvalue weighted by molar-refractivity contribution is 0.392. The van der Waals surface area contributed by atoms with Crippen LogP contribution in [0.3, 0.4) is 0 Å². The first-order chi connectivity index (χ1) is 12.3. The SMILES string of the molecule is O=S1(=O)NC(O)=CN1c1cc2cc(-c3ccccc3F)ccc2cc1O. The highest BCUT2D eigenvalue weighted by atomic mass is 32.2. The Kier molecular flexibility index (Phi) is 3.52. The van der Waals surface area contributed by atoms with E-state index in [9.17, 15) is 23.0 Å². The summed E-state index contributed by atoms with van der Waals surface area (Å²) >= 11 is 0. The van der Waals surface area contributed by atoms with E-state index in [-0.39, 0.29) is 17.3 Å². The van der Waals surface area contributed by atoms with Crippen molar-refractivity contribution in [3.8, 4) is 16.9 Å². The van der Waals surface area contributed by atoms with Gasteiger partial charge in [0.05, 0.1) is 6.20 Å². The van der Waals surface area contributed by atoms with Crippen molar-refractivity contribution in [3.63, 3.8) is 0 Å². The minimum atomic E-state index is -4.03. The van der Waals surface area contributed by atoms with Gasteiger partial charge in [0.15, 0.2) is 0 Å². The number of hydrogen-bond acceptors (Lipinski definition) is 4. The number of nitrogens with one attached hydrogen (secondary N) is 1. The number of halogens is 1. The van der Waals surface area contributed by atoms with Crippen LogP contribution in [0.1, 0.15) is 0 Å². The molecule has 26 heavy (non-hydrogen) atoms. The molecule has 3 aromatic carbocycles. The third-order valence-electron chi connectivity index (χ3n) is 4.09. The van der Waals surface area contributed by atoms with E-state index in [2.05, 4.69) is 0 Å². The lowest BCUT2D eigenvalue weighted by atomic mass is 10.0. The molecule has 0 aromatic heterocycles. The monoisotopic (exact) mass is 372 g/mol. The molecule has 0 saturated heterocycles. The Balaban J connectivity index is 1.89. The van der Waals surface area contributed by atoms with Crippen LogP contribution in [-0.4, -0.2) is 18.6 Å². The van der Waals surface area contributed by atoms with Crippen LogP contribution in [0.25, 0.3) is 21.9 Å². The van der Waals surface area contributed by atoms with Crippen molar-refractivity contribution in [1.82, 2.24) is 4.72 Å². The van der Waals surface area contributed by atoms with Crippen molar-refractivity contribution >= 4 is 26.7 Å². The largest absolute Gasteiger partial charge is 0.506 e. The zero-order chi connectivity index (χ0) is 18.5. The van der Waals surface area contributed by atoms with Gasteiger partial charge in [-0.15, -0.1) is 0 Å². The molecule has 3 N–H and O–H groups in total. The van der Waals surface area contributed by atoms with E-state index >= 15 is 0 Å². The summed E-state index contributed by atoms with van der Waals surface area (Å²) in [5.41, 5.74) is 1.00. The maximum absolute atomic E-state index is 14.0. The maximum atomic E-state index is 14.0. The third kappa shape index (κ3) is 2.60. The Hall–Kier alpha value is -3.26. The molecule has 4 rings (SSSR count). The van der Waals surface area contributed by atoms with E-state index in [1.54, 1.807) is 36.4 Å². The van der Waals surface area contributed by atoms with Gasteiger partial charge in [0.2, 0.25) is 5.88 Å². The molecule has 6 nitrogen and oxygen atoms in total. The number of hydrogen-bond donors (Lipinski definition) is 3. The first-order valence-electron chi connectivity index (χ1n) is 7.60. The molecule has 0 spiro atoms. The number of benzene rings is 3. The van der Waals surface area contributed by atoms with E-state index in [1.165, 1.54) is 18.2 Å². The van der Waals surface area contributed by atoms with Gasteiger partial charge in [0.25, 0.3) is 0 Å². The number of fused-ring (bicyclic) bond motifs is 1. The fourth-order valence-corrected chi connectivity index (χ4v) is 3.96. The van der Waals surface area contributed by atoms with Crippen molar-refractivity contribution in [2.24, 2.45) is 0 Å². The Morgan fingerprint density at radius 3 is 2.42 bits per heavy atom. The van der Waals surface area contributed by atoms with Crippen LogP contribution in [0.4, 0.5) is 10.1 Å². The molecule has 0 unspecified atom stereocenters. The number of phenolic OH excluding ortho intramolecular Hbond substituents is 1. The van der Waals surface area contributed by atoms with Crippen LogP contribution in [0.5, 0.6) is 5.75 Å². The van der Waals surface area contributed by atoms with Gasteiger partial charge in [-0.25, -0.2) is 13.4 Å². The quantitative estimate of drug-likeness (QED) is 0.643. The van der Waals surface area contributed by atoms with Crippen LogP contribution < -0.4 is 9.03 Å². The lowest BCUT2D eigenvalue weighted by Crippen LogP contribution is -2.29. The van der Waals surface area contributed by atoms with Crippen LogP contribution in [0, 0.1) is 5.82 Å². The van der Waals surface area contributed by atoms with Gasteiger partial charge in [-0.2, -0.15) is 8.42 Å². The minimum Gasteiger partial charge on any atom is -0.506 e. The predicted octanol–water partition coefficient (Wildman–Crippen LogP) is 3.36. The number of rotatable bonds is 2. The first-order valence-corrected chi connectivity index (χ1v) is 9.04. The fourth-order valence-electron chi connectivity index (χ4n) is 2.90. The molecular formula is C18H13FN2O4S. The highest BCUT2D eigenvalue weighted by molar-refractivity contribution is 7.91. The maximum Gasteiger partial charge on any atom is 0.330 e. The van der Waals surface area contributed by atoms with Crippen molar-refractivity contribution in [2.75, 3.05) is 4.31 Å². The summed E-state index contributed by atoms with van der Waals surface area (Å²) < 4.78 is 40.8. The number of aliphatic hydroxyl groups excluding tert-OH is 1. The van der Waals surface area contributed by atoms with E-state index in [0.717, 1.165) is 10.5 Å². The molecule has 0 amide bonds. The molecule has 1 aliphatic heterocycles. The second-order valence-corrected chi connectivity index (χ2v) is 7.35. The lowest BCUT2D eigenvalue weighted by Gasteiger charge is -2.16. The zero-order valence-corrected chi connectivity index (χ0v) is 14.0. The smallest absolute Gasteiger partial charge is 0.330 e. The summed E-state index contributed by atoms with van der Waals surface area (Å²) in [6.45, 7) is 0. The number of aromatic hydroxyl groups is 1. The van der Waals surface area contributed by atoms with E-state index in [4.69, 9.17) is 0 Å². The Labute approximate surface area is 148 Å². The molecule has 0 radical (unpaired) electrons. The highest BCUT2D eigenvalue weighted by Gasteiger charge is 2.30. The van der Waals surface area contributed by atoms with Gasteiger partial charge in [0.1, 0.15) is 17.3 Å². The van der Waals surface area contributed by atoms with E-state index in [1.807, 2.05) is 4.72 Å². The van der Waals surface area contributed by atoms with Crippen molar-refractivity contribution < 1.29 is 23.0 Å². The predicted molar refractivity (Wildman–Crippen MR) is 96.3 cm³/mol. The number of nitrogens with zero attached hydrogens (tertiary/aromatic N) is 1. The van der Waals surface area contributed by atoms with E-state index < -0.39 is 16.1 Å². The molecule has 3 aromatic rings. The van der Waals surface area contributed by atoms with E-state index in [0.29, 0.717) is 21.9 Å². The van der Waals surface area contributed by atoms with Gasteiger partial charge >= 0.3 is 10.2 Å². The summed E-state index contributed by atoms with van der Waals surface area (Å²) in [7, 11) is -4.03. The van der Waals surface area contributed by atoms with Crippen LogP contribution >= 0.6 is 0 Å². The molecule has 0 aliphatic carbocycles. The molecule has 0 atom stereocenters. The molecule has 1 heterocycles. The summed E-state index contributed by atoms with van der Waals surface area (Å²) in [4.78, 5) is 0. The van der Waals surface area contributed by atoms with Crippen LogP contribution in [0.15, 0.2) is 66.7 Å². The standard InChI is InChI=1S/C18H13FN2O4S/c19-15-4-2-1-3-14(15)12-6-5-11-9-17(22)16(8-13(11)7-12)21-10-18(23)20-26(21,24)25/h1-10,20,22-23H. The molecule has 0 bridgehead atoms. The summed E-state index contributed by atoms with van der Waals surface area (Å²) in [5, 5.41) is 20.9. The van der Waals surface area contributed by atoms with Gasteiger partial charge in [0, 0.05) is 5.56 Å². The van der Waals surface area contributed by atoms with Crippen molar-refractivity contribution in [2.45, 2.75) is 0 Å². The second kappa shape index (κ2) is 5.63. The number of anilines is 1. The van der Waals surface area contributed by atoms with Gasteiger partial charge in [-0.1, -0.05) is 30.3 Å². The molecule has 1 aliphatic rings. The molecule has 0 fully saturated rings. The molecule has 0 saturated carbocycles. The van der Waals surface area contributed by atoms with Crippen molar-refractivity contribution in [1.29, 1.82) is 0 Å². The fraction of sp³-hybridized carbons (Fsp3) is 0. The van der Waals surface area contributed by atoms with Gasteiger partial charge in [-0.05, 0) is 40.6 Å². The minimum absolute atomic E-state index is 0.0280. The topological polar surface area (TPSA) is 89.9 Å². The average molecular weight is 372 g/mol. The van der Waals surface area contributed by atoms with Gasteiger partial charge in [-0.3, -0.25) is 0 Å². The summed E-state index contributed by atoms with van der Waals surface area (Å²) in [5.74, 6) is -1.19. The van der Waals surface area contributed by atoms with Crippen LogP contribution in [-0.2, 0) is 10.2 Å². The normalized spacial score (nSPS) is 15.7. The summed E-state index contributed by atoms with van der Waals surface area (Å²) in [6.07, 6.45) is 0.955. The Morgan fingerprint density at radius 2 is 1.73 bits per heavy atom. The first kappa shape index (κ1) is 16.2. The third-order valence-corrected chi connectivity index (χ3v) is 5.38. The van der Waals surface area contributed by atoms with Gasteiger partial charge < -0.3 is 10.2 Å². The Bertz CT molecular complexity index is 1180. The summed E-state index contributed by atoms with van der Waals surface area (Å²) in [6, 6.07) is 14.3. The molecule has 132 valence electrons. The van der Waals surface area contributed by atoms with Crippen LogP contribution in [0.2, 0.25) is 0 Å². The zero-order valence-electron chi connectivity index (χ0n) is 13.2. The molecule has 8 heteroatoms. The second-order valence-electron chi connectivity index (χ2n) is 5.80. The molecular weight excluding hydrogens is 359 g/mol. The van der Waals surface area contributed by atoms with Crippen molar-refractivity contribution in [3.05, 3.63) is 72.5 Å². The number of phenols is 1.